The van der Waals surface area contributed by atoms with E-state index in [9.17, 15) is 4.79 Å². The van der Waals surface area contributed by atoms with Gasteiger partial charge in [-0.2, -0.15) is 0 Å². The van der Waals surface area contributed by atoms with E-state index in [4.69, 9.17) is 4.98 Å². The molecule has 2 saturated heterocycles. The minimum absolute atomic E-state index is 0.0348. The summed E-state index contributed by atoms with van der Waals surface area (Å²) in [6.45, 7) is 4.82. The summed E-state index contributed by atoms with van der Waals surface area (Å²) in [4.78, 5) is 29.2. The molecule has 0 amide bonds. The number of aromatic amines is 1. The molecule has 0 radical (unpaired) electrons. The van der Waals surface area contributed by atoms with E-state index in [1.165, 1.54) is 24.8 Å². The molecule has 2 fully saturated rings. The Labute approximate surface area is 166 Å². The molecule has 7 nitrogen and oxygen atoms in total. The summed E-state index contributed by atoms with van der Waals surface area (Å²) < 4.78 is 0. The Bertz CT molecular complexity index is 845. The van der Waals surface area contributed by atoms with Gasteiger partial charge in [0.2, 0.25) is 5.95 Å². The number of hydrogen-bond donors (Lipinski definition) is 2. The third-order valence-electron chi connectivity index (χ3n) is 5.85. The van der Waals surface area contributed by atoms with Crippen molar-refractivity contribution in [1.82, 2.24) is 19.9 Å². The van der Waals surface area contributed by atoms with Gasteiger partial charge in [0.05, 0.1) is 5.69 Å². The highest BCUT2D eigenvalue weighted by molar-refractivity contribution is 5.42. The third-order valence-corrected chi connectivity index (χ3v) is 5.85. The number of hydrogen-bond acceptors (Lipinski definition) is 6. The Morgan fingerprint density at radius 2 is 2.07 bits per heavy atom. The average molecular weight is 383 g/mol. The van der Waals surface area contributed by atoms with E-state index >= 15 is 0 Å². The van der Waals surface area contributed by atoms with Crippen molar-refractivity contribution in [2.24, 2.45) is 0 Å². The molecule has 1 unspecified atom stereocenters. The van der Waals surface area contributed by atoms with Gasteiger partial charge in [-0.25, -0.2) is 9.97 Å². The van der Waals surface area contributed by atoms with Gasteiger partial charge in [-0.3, -0.25) is 14.7 Å². The van der Waals surface area contributed by atoms with Crippen LogP contribution in [-0.2, 0) is 6.54 Å². The predicted octanol–water partition coefficient (Wildman–Crippen LogP) is 2.58. The van der Waals surface area contributed by atoms with Crippen molar-refractivity contribution < 1.29 is 0 Å². The molecule has 2 N–H and O–H groups in total. The highest BCUT2D eigenvalue weighted by Gasteiger charge is 2.25. The summed E-state index contributed by atoms with van der Waals surface area (Å²) in [5.41, 5.74) is 2.11. The van der Waals surface area contributed by atoms with E-state index in [1.807, 2.05) is 19.3 Å². The molecule has 2 aromatic heterocycles. The van der Waals surface area contributed by atoms with Crippen LogP contribution in [0.3, 0.4) is 0 Å². The van der Waals surface area contributed by atoms with Crippen molar-refractivity contribution in [2.45, 2.75) is 44.6 Å². The van der Waals surface area contributed by atoms with Gasteiger partial charge in [0.1, 0.15) is 5.82 Å². The number of nitrogens with one attached hydrogen (secondary N) is 2. The SMILES string of the molecule is CNc1ncccc1CN1CCCC(c2cc(=O)[nH]c(N3CCCCC3)n2)C1. The van der Waals surface area contributed by atoms with E-state index in [1.54, 1.807) is 6.07 Å². The normalized spacial score (nSPS) is 20.9. The fourth-order valence-electron chi connectivity index (χ4n) is 4.40. The topological polar surface area (TPSA) is 77.2 Å². The van der Waals surface area contributed by atoms with Crippen LogP contribution in [0.15, 0.2) is 29.2 Å². The second-order valence-corrected chi connectivity index (χ2v) is 7.88. The lowest BCUT2D eigenvalue weighted by Gasteiger charge is -2.33. The van der Waals surface area contributed by atoms with Crippen LogP contribution in [0.1, 0.15) is 49.3 Å². The first-order chi connectivity index (χ1) is 13.7. The fraction of sp³-hybridized carbons (Fsp3) is 0.571. The first-order valence-corrected chi connectivity index (χ1v) is 10.4. The number of H-pyrrole nitrogens is 1. The molecule has 0 spiro atoms. The van der Waals surface area contributed by atoms with Crippen LogP contribution in [-0.4, -0.2) is 53.1 Å². The molecule has 4 heterocycles. The van der Waals surface area contributed by atoms with E-state index in [0.29, 0.717) is 5.92 Å². The van der Waals surface area contributed by atoms with Crippen LogP contribution >= 0.6 is 0 Å². The zero-order valence-corrected chi connectivity index (χ0v) is 16.7. The second kappa shape index (κ2) is 8.73. The summed E-state index contributed by atoms with van der Waals surface area (Å²) in [6.07, 6.45) is 7.62. The average Bonchev–Trinajstić information content (AvgIpc) is 2.74. The second-order valence-electron chi connectivity index (χ2n) is 7.88. The Kier molecular flexibility index (Phi) is 5.90. The summed E-state index contributed by atoms with van der Waals surface area (Å²) in [6, 6.07) is 5.81. The van der Waals surface area contributed by atoms with Gasteiger partial charge in [-0.05, 0) is 44.7 Å². The first kappa shape index (κ1) is 18.9. The van der Waals surface area contributed by atoms with Crippen molar-refractivity contribution in [3.63, 3.8) is 0 Å². The molecule has 150 valence electrons. The smallest absolute Gasteiger partial charge is 0.252 e. The lowest BCUT2D eigenvalue weighted by Crippen LogP contribution is -2.36. The Morgan fingerprint density at radius 1 is 1.21 bits per heavy atom. The van der Waals surface area contributed by atoms with Crippen LogP contribution in [0.25, 0.3) is 0 Å². The largest absolute Gasteiger partial charge is 0.373 e. The van der Waals surface area contributed by atoms with E-state index in [2.05, 4.69) is 31.2 Å². The van der Waals surface area contributed by atoms with Gasteiger partial charge in [0.15, 0.2) is 0 Å². The van der Waals surface area contributed by atoms with Crippen molar-refractivity contribution in [3.05, 3.63) is 46.0 Å². The molecule has 0 aromatic carbocycles. The molecule has 0 bridgehead atoms. The number of anilines is 2. The maximum absolute atomic E-state index is 12.3. The van der Waals surface area contributed by atoms with Crippen molar-refractivity contribution in [1.29, 1.82) is 0 Å². The van der Waals surface area contributed by atoms with Crippen molar-refractivity contribution in [3.8, 4) is 0 Å². The highest BCUT2D eigenvalue weighted by atomic mass is 16.1. The maximum atomic E-state index is 12.3. The van der Waals surface area contributed by atoms with E-state index < -0.39 is 0 Å². The molecular weight excluding hydrogens is 352 g/mol. The maximum Gasteiger partial charge on any atom is 0.252 e. The molecule has 28 heavy (non-hydrogen) atoms. The van der Waals surface area contributed by atoms with Gasteiger partial charge in [0, 0.05) is 57.0 Å². The minimum atomic E-state index is -0.0348. The van der Waals surface area contributed by atoms with Gasteiger partial charge >= 0.3 is 0 Å². The van der Waals surface area contributed by atoms with Crippen molar-refractivity contribution >= 4 is 11.8 Å². The van der Waals surface area contributed by atoms with Crippen LogP contribution < -0.4 is 15.8 Å². The van der Waals surface area contributed by atoms with Crippen LogP contribution in [0.5, 0.6) is 0 Å². The Morgan fingerprint density at radius 3 is 2.89 bits per heavy atom. The third kappa shape index (κ3) is 4.35. The number of rotatable bonds is 5. The fourth-order valence-corrected chi connectivity index (χ4v) is 4.40. The molecule has 0 aliphatic carbocycles. The number of pyridine rings is 1. The summed E-state index contributed by atoms with van der Waals surface area (Å²) in [5.74, 6) is 1.99. The quantitative estimate of drug-likeness (QED) is 0.828. The van der Waals surface area contributed by atoms with E-state index in [-0.39, 0.29) is 5.56 Å². The zero-order valence-electron chi connectivity index (χ0n) is 16.7. The van der Waals surface area contributed by atoms with Crippen LogP contribution in [0, 0.1) is 0 Å². The lowest BCUT2D eigenvalue weighted by molar-refractivity contribution is 0.198. The molecule has 2 aliphatic rings. The Balaban J connectivity index is 1.50. The zero-order chi connectivity index (χ0) is 19.3. The van der Waals surface area contributed by atoms with Crippen LogP contribution in [0.4, 0.5) is 11.8 Å². The number of piperidine rings is 2. The molecule has 2 aliphatic heterocycles. The lowest BCUT2D eigenvalue weighted by atomic mass is 9.94. The number of aromatic nitrogens is 3. The number of nitrogens with zero attached hydrogens (tertiary/aromatic N) is 4. The van der Waals surface area contributed by atoms with Gasteiger partial charge in [-0.15, -0.1) is 0 Å². The van der Waals surface area contributed by atoms with Gasteiger partial charge in [-0.1, -0.05) is 6.07 Å². The molecule has 0 saturated carbocycles. The van der Waals surface area contributed by atoms with E-state index in [0.717, 1.165) is 63.0 Å². The molecular formula is C21H30N6O. The van der Waals surface area contributed by atoms with Gasteiger partial charge < -0.3 is 10.2 Å². The highest BCUT2D eigenvalue weighted by Crippen LogP contribution is 2.28. The molecule has 2 aromatic rings. The predicted molar refractivity (Wildman–Crippen MR) is 112 cm³/mol. The summed E-state index contributed by atoms with van der Waals surface area (Å²) in [5, 5.41) is 3.18. The van der Waals surface area contributed by atoms with Crippen molar-refractivity contribution in [2.75, 3.05) is 43.4 Å². The first-order valence-electron chi connectivity index (χ1n) is 10.4. The number of likely N-dealkylation sites (tertiary alicyclic amines) is 1. The molecule has 1 atom stereocenters. The van der Waals surface area contributed by atoms with Gasteiger partial charge in [0.25, 0.3) is 5.56 Å². The molecule has 4 rings (SSSR count). The minimum Gasteiger partial charge on any atom is -0.373 e. The molecule has 7 heteroatoms. The Hall–Kier alpha value is -2.41. The summed E-state index contributed by atoms with van der Waals surface area (Å²) >= 11 is 0. The standard InChI is InChI=1S/C21H30N6O/c1-22-20-17(7-5-9-23-20)15-26-10-6-8-16(14-26)18-13-19(28)25-21(24-18)27-11-3-2-4-12-27/h5,7,9,13,16H,2-4,6,8,10-12,14-15H2,1H3,(H,22,23)(H,24,25,28). The summed E-state index contributed by atoms with van der Waals surface area (Å²) in [7, 11) is 1.91. The monoisotopic (exact) mass is 382 g/mol. The van der Waals surface area contributed by atoms with Crippen LogP contribution in [0.2, 0.25) is 0 Å².